The number of ether oxygens (including phenoxy) is 1. The molecule has 0 aromatic rings. The first-order valence-electron chi connectivity index (χ1n) is 6.61. The van der Waals surface area contributed by atoms with E-state index in [4.69, 9.17) is 10.5 Å². The predicted octanol–water partition coefficient (Wildman–Crippen LogP) is 1.12. The minimum absolute atomic E-state index is 0.0285. The molecule has 0 saturated heterocycles. The first-order chi connectivity index (χ1) is 8.60. The van der Waals surface area contributed by atoms with Crippen LogP contribution < -0.4 is 5.73 Å². The van der Waals surface area contributed by atoms with E-state index in [1.165, 1.54) is 7.11 Å². The van der Waals surface area contributed by atoms with E-state index in [2.05, 4.69) is 0 Å². The molecule has 1 aliphatic carbocycles. The van der Waals surface area contributed by atoms with E-state index in [9.17, 15) is 13.2 Å². The van der Waals surface area contributed by atoms with Gasteiger partial charge >= 0.3 is 5.97 Å². The molecule has 1 aliphatic rings. The third-order valence-corrected chi connectivity index (χ3v) is 6.67. The lowest BCUT2D eigenvalue weighted by Gasteiger charge is -2.31. The number of hydrogen-bond acceptors (Lipinski definition) is 5. The van der Waals surface area contributed by atoms with Crippen LogP contribution >= 0.6 is 0 Å². The van der Waals surface area contributed by atoms with Crippen molar-refractivity contribution >= 4 is 15.8 Å². The van der Waals surface area contributed by atoms with E-state index >= 15 is 0 Å². The minimum Gasteiger partial charge on any atom is -0.469 e. The van der Waals surface area contributed by atoms with E-state index < -0.39 is 20.0 Å². The van der Waals surface area contributed by atoms with Crippen LogP contribution in [0.2, 0.25) is 0 Å². The minimum atomic E-state index is -3.25. The van der Waals surface area contributed by atoms with Gasteiger partial charge in [-0.3, -0.25) is 4.79 Å². The van der Waals surface area contributed by atoms with Crippen molar-refractivity contribution in [2.45, 2.75) is 44.8 Å². The Morgan fingerprint density at radius 3 is 2.16 bits per heavy atom. The van der Waals surface area contributed by atoms with Gasteiger partial charge in [0.15, 0.2) is 9.84 Å². The van der Waals surface area contributed by atoms with Gasteiger partial charge in [-0.25, -0.2) is 8.42 Å². The standard InChI is InChI=1S/C13H25NO4S/c1-12(2,3)19(16,17)8-7-13(9-14,10-5-6-10)11(15)18-4/h10H,5-9,14H2,1-4H3. The summed E-state index contributed by atoms with van der Waals surface area (Å²) < 4.78 is 28.4. The second kappa shape index (κ2) is 5.40. The zero-order valence-corrected chi connectivity index (χ0v) is 13.0. The molecular formula is C13H25NO4S. The van der Waals surface area contributed by atoms with Crippen LogP contribution in [0.25, 0.3) is 0 Å². The van der Waals surface area contributed by atoms with Crippen LogP contribution in [0, 0.1) is 11.3 Å². The molecule has 0 radical (unpaired) electrons. The van der Waals surface area contributed by atoms with E-state index in [0.717, 1.165) is 12.8 Å². The molecule has 0 aromatic heterocycles. The molecule has 0 heterocycles. The molecule has 1 rings (SSSR count). The summed E-state index contributed by atoms with van der Waals surface area (Å²) in [5.41, 5.74) is 4.94. The number of sulfone groups is 1. The van der Waals surface area contributed by atoms with Gasteiger partial charge in [0.05, 0.1) is 23.0 Å². The highest BCUT2D eigenvalue weighted by Crippen LogP contribution is 2.48. The van der Waals surface area contributed by atoms with Crippen LogP contribution in [-0.4, -0.2) is 38.5 Å². The first-order valence-corrected chi connectivity index (χ1v) is 8.27. The van der Waals surface area contributed by atoms with Gasteiger partial charge in [-0.05, 0) is 46.0 Å². The van der Waals surface area contributed by atoms with Crippen LogP contribution in [0.15, 0.2) is 0 Å². The maximum absolute atomic E-state index is 12.2. The van der Waals surface area contributed by atoms with Crippen molar-refractivity contribution in [3.8, 4) is 0 Å². The van der Waals surface area contributed by atoms with Crippen LogP contribution in [0.1, 0.15) is 40.0 Å². The van der Waals surface area contributed by atoms with Crippen LogP contribution in [0.3, 0.4) is 0 Å². The molecule has 0 spiro atoms. The molecule has 1 fully saturated rings. The Hall–Kier alpha value is -0.620. The zero-order chi connectivity index (χ0) is 14.9. The zero-order valence-electron chi connectivity index (χ0n) is 12.2. The largest absolute Gasteiger partial charge is 0.469 e. The van der Waals surface area contributed by atoms with Crippen molar-refractivity contribution in [2.24, 2.45) is 17.1 Å². The topological polar surface area (TPSA) is 86.5 Å². The SMILES string of the molecule is COC(=O)C(CN)(CCS(=O)(=O)C(C)(C)C)C1CC1. The molecule has 112 valence electrons. The van der Waals surface area contributed by atoms with Gasteiger partial charge < -0.3 is 10.5 Å². The van der Waals surface area contributed by atoms with Gasteiger partial charge in [-0.2, -0.15) is 0 Å². The van der Waals surface area contributed by atoms with Crippen molar-refractivity contribution in [3.63, 3.8) is 0 Å². The van der Waals surface area contributed by atoms with E-state index in [1.807, 2.05) is 0 Å². The second-order valence-corrected chi connectivity index (χ2v) is 9.17. The predicted molar refractivity (Wildman–Crippen MR) is 74.4 cm³/mol. The van der Waals surface area contributed by atoms with Gasteiger partial charge in [0.25, 0.3) is 0 Å². The highest BCUT2D eigenvalue weighted by Gasteiger charge is 2.51. The molecule has 1 saturated carbocycles. The molecule has 0 aliphatic heterocycles. The average molecular weight is 291 g/mol. The number of rotatable bonds is 6. The molecule has 6 heteroatoms. The molecule has 0 bridgehead atoms. The second-order valence-electron chi connectivity index (χ2n) is 6.31. The summed E-state index contributed by atoms with van der Waals surface area (Å²) in [6, 6.07) is 0. The Morgan fingerprint density at radius 2 is 1.84 bits per heavy atom. The van der Waals surface area contributed by atoms with Crippen LogP contribution in [0.4, 0.5) is 0 Å². The van der Waals surface area contributed by atoms with Crippen molar-refractivity contribution < 1.29 is 17.9 Å². The molecule has 1 atom stereocenters. The summed E-state index contributed by atoms with van der Waals surface area (Å²) in [5, 5.41) is 0. The number of esters is 1. The highest BCUT2D eigenvalue weighted by atomic mass is 32.2. The number of carbonyl (C=O) groups is 1. The lowest BCUT2D eigenvalue weighted by Crippen LogP contribution is -2.44. The van der Waals surface area contributed by atoms with Gasteiger partial charge in [-0.15, -0.1) is 0 Å². The summed E-state index contributed by atoms with van der Waals surface area (Å²) in [7, 11) is -1.93. The Balaban J connectivity index is 2.89. The van der Waals surface area contributed by atoms with Gasteiger partial charge in [0, 0.05) is 6.54 Å². The van der Waals surface area contributed by atoms with Gasteiger partial charge in [0.1, 0.15) is 0 Å². The Labute approximate surface area is 115 Å². The summed E-state index contributed by atoms with van der Waals surface area (Å²) in [6.45, 7) is 5.15. The molecule has 0 amide bonds. The fraction of sp³-hybridized carbons (Fsp3) is 0.923. The van der Waals surface area contributed by atoms with Gasteiger partial charge in [-0.1, -0.05) is 0 Å². The number of methoxy groups -OCH3 is 1. The molecule has 5 nitrogen and oxygen atoms in total. The van der Waals surface area contributed by atoms with E-state index in [-0.39, 0.29) is 30.6 Å². The van der Waals surface area contributed by atoms with Crippen molar-refractivity contribution in [2.75, 3.05) is 19.4 Å². The smallest absolute Gasteiger partial charge is 0.313 e. The highest BCUT2D eigenvalue weighted by molar-refractivity contribution is 7.92. The van der Waals surface area contributed by atoms with Crippen molar-refractivity contribution in [1.82, 2.24) is 0 Å². The maximum atomic E-state index is 12.2. The molecule has 19 heavy (non-hydrogen) atoms. The monoisotopic (exact) mass is 291 g/mol. The van der Waals surface area contributed by atoms with Crippen LogP contribution in [0.5, 0.6) is 0 Å². The maximum Gasteiger partial charge on any atom is 0.313 e. The summed E-state index contributed by atoms with van der Waals surface area (Å²) in [5.74, 6) is -0.235. The fourth-order valence-electron chi connectivity index (χ4n) is 2.29. The third kappa shape index (κ3) is 3.28. The Morgan fingerprint density at radius 1 is 1.32 bits per heavy atom. The summed E-state index contributed by atoms with van der Waals surface area (Å²) >= 11 is 0. The summed E-state index contributed by atoms with van der Waals surface area (Å²) in [6.07, 6.45) is 2.09. The molecule has 0 aromatic carbocycles. The molecule has 1 unspecified atom stereocenters. The van der Waals surface area contributed by atoms with Crippen molar-refractivity contribution in [1.29, 1.82) is 0 Å². The van der Waals surface area contributed by atoms with Gasteiger partial charge in [0.2, 0.25) is 0 Å². The third-order valence-electron chi connectivity index (χ3n) is 4.06. The fourth-order valence-corrected chi connectivity index (χ4v) is 3.53. The molecular weight excluding hydrogens is 266 g/mol. The Kier molecular flexibility index (Phi) is 4.67. The number of hydrogen-bond donors (Lipinski definition) is 1. The van der Waals surface area contributed by atoms with Crippen LogP contribution in [-0.2, 0) is 19.4 Å². The number of carbonyl (C=O) groups excluding carboxylic acids is 1. The lowest BCUT2D eigenvalue weighted by molar-refractivity contribution is -0.153. The lowest BCUT2D eigenvalue weighted by atomic mass is 9.80. The van der Waals surface area contributed by atoms with E-state index in [0.29, 0.717) is 0 Å². The normalized spacial score (nSPS) is 19.8. The number of nitrogens with two attached hydrogens (primary N) is 1. The first kappa shape index (κ1) is 16.4. The van der Waals surface area contributed by atoms with Crippen molar-refractivity contribution in [3.05, 3.63) is 0 Å². The summed E-state index contributed by atoms with van der Waals surface area (Å²) in [4.78, 5) is 12.0. The Bertz CT molecular complexity index is 434. The quantitative estimate of drug-likeness (QED) is 0.741. The average Bonchev–Trinajstić information content (AvgIpc) is 3.13. The molecule has 2 N–H and O–H groups in total. The van der Waals surface area contributed by atoms with E-state index in [1.54, 1.807) is 20.8 Å².